The number of amides is 1. The van der Waals surface area contributed by atoms with E-state index in [9.17, 15) is 4.79 Å². The molecule has 0 bridgehead atoms. The third-order valence-electron chi connectivity index (χ3n) is 2.50. The number of nitrogens with two attached hydrogens (primary N) is 1. The van der Waals surface area contributed by atoms with E-state index in [-0.39, 0.29) is 18.2 Å². The molecule has 1 amide bonds. The van der Waals surface area contributed by atoms with Gasteiger partial charge < -0.3 is 20.2 Å². The molecule has 1 aromatic carbocycles. The average Bonchev–Trinajstić information content (AvgIpc) is 2.90. The van der Waals surface area contributed by atoms with Gasteiger partial charge in [-0.2, -0.15) is 0 Å². The van der Waals surface area contributed by atoms with E-state index in [2.05, 4.69) is 21.2 Å². The molecule has 6 heteroatoms. The van der Waals surface area contributed by atoms with Gasteiger partial charge in [0.25, 0.3) is 5.91 Å². The molecule has 5 nitrogen and oxygen atoms in total. The molecule has 0 unspecified atom stereocenters. The summed E-state index contributed by atoms with van der Waals surface area (Å²) in [5, 5.41) is 2.72. The average molecular weight is 325 g/mol. The van der Waals surface area contributed by atoms with E-state index in [1.807, 2.05) is 0 Å². The Bertz CT molecular complexity index is 595. The number of rotatable bonds is 4. The first-order chi connectivity index (χ1) is 9.13. The molecule has 1 heterocycles. The Morgan fingerprint density at radius 2 is 2.21 bits per heavy atom. The second-order valence-corrected chi connectivity index (χ2v) is 4.63. The smallest absolute Gasteiger partial charge is 0.291 e. The Morgan fingerprint density at radius 1 is 1.42 bits per heavy atom. The zero-order valence-corrected chi connectivity index (χ0v) is 11.9. The topological polar surface area (TPSA) is 77.5 Å². The zero-order valence-electron chi connectivity index (χ0n) is 10.3. The molecule has 0 atom stereocenters. The fourth-order valence-electron chi connectivity index (χ4n) is 1.54. The van der Waals surface area contributed by atoms with Crippen LogP contribution in [-0.2, 0) is 6.54 Å². The molecule has 0 fully saturated rings. The number of carbonyl (C=O) groups is 1. The molecule has 0 aliphatic rings. The quantitative estimate of drug-likeness (QED) is 0.906. The SMILES string of the molecule is COc1cc(NC(=O)c2ccc(CN)o2)ccc1Br. The summed E-state index contributed by atoms with van der Waals surface area (Å²) in [4.78, 5) is 11.9. The normalized spacial score (nSPS) is 10.3. The number of carbonyl (C=O) groups excluding carboxylic acids is 1. The highest BCUT2D eigenvalue weighted by Crippen LogP contribution is 2.28. The molecular weight excluding hydrogens is 312 g/mol. The Morgan fingerprint density at radius 3 is 2.84 bits per heavy atom. The summed E-state index contributed by atoms with van der Waals surface area (Å²) in [6.07, 6.45) is 0. The number of halogens is 1. The van der Waals surface area contributed by atoms with Crippen LogP contribution in [0.4, 0.5) is 5.69 Å². The van der Waals surface area contributed by atoms with Crippen molar-refractivity contribution in [2.24, 2.45) is 5.73 Å². The lowest BCUT2D eigenvalue weighted by Crippen LogP contribution is -2.11. The molecule has 0 spiro atoms. The van der Waals surface area contributed by atoms with E-state index >= 15 is 0 Å². The minimum Gasteiger partial charge on any atom is -0.495 e. The number of nitrogens with one attached hydrogen (secondary N) is 1. The maximum Gasteiger partial charge on any atom is 0.291 e. The van der Waals surface area contributed by atoms with Crippen LogP contribution >= 0.6 is 15.9 Å². The first kappa shape index (κ1) is 13.6. The molecule has 1 aromatic heterocycles. The van der Waals surface area contributed by atoms with Gasteiger partial charge in [0.05, 0.1) is 18.1 Å². The lowest BCUT2D eigenvalue weighted by atomic mass is 10.3. The predicted octanol–water partition coefficient (Wildman–Crippen LogP) is 2.76. The van der Waals surface area contributed by atoms with Crippen molar-refractivity contribution in [1.29, 1.82) is 0 Å². The van der Waals surface area contributed by atoms with Crippen molar-refractivity contribution in [2.45, 2.75) is 6.54 Å². The first-order valence-corrected chi connectivity index (χ1v) is 6.37. The third-order valence-corrected chi connectivity index (χ3v) is 3.15. The van der Waals surface area contributed by atoms with Gasteiger partial charge in [-0.1, -0.05) is 0 Å². The molecular formula is C13H13BrN2O3. The van der Waals surface area contributed by atoms with Gasteiger partial charge >= 0.3 is 0 Å². The van der Waals surface area contributed by atoms with E-state index in [1.165, 1.54) is 0 Å². The number of hydrogen-bond donors (Lipinski definition) is 2. The van der Waals surface area contributed by atoms with Crippen molar-refractivity contribution in [3.8, 4) is 5.75 Å². The molecule has 0 radical (unpaired) electrons. The molecule has 19 heavy (non-hydrogen) atoms. The van der Waals surface area contributed by atoms with Gasteiger partial charge in [-0.05, 0) is 40.2 Å². The van der Waals surface area contributed by atoms with Gasteiger partial charge in [0, 0.05) is 11.8 Å². The van der Waals surface area contributed by atoms with Gasteiger partial charge in [-0.15, -0.1) is 0 Å². The highest BCUT2D eigenvalue weighted by Gasteiger charge is 2.12. The molecule has 3 N–H and O–H groups in total. The van der Waals surface area contributed by atoms with Crippen LogP contribution < -0.4 is 15.8 Å². The Hall–Kier alpha value is -1.79. The van der Waals surface area contributed by atoms with Crippen LogP contribution in [0, 0.1) is 0 Å². The van der Waals surface area contributed by atoms with E-state index in [0.717, 1.165) is 4.47 Å². The molecule has 0 saturated carbocycles. The monoisotopic (exact) mass is 324 g/mol. The number of benzene rings is 1. The van der Waals surface area contributed by atoms with Crippen LogP contribution in [0.5, 0.6) is 5.75 Å². The first-order valence-electron chi connectivity index (χ1n) is 5.57. The van der Waals surface area contributed by atoms with Crippen LogP contribution in [0.3, 0.4) is 0 Å². The molecule has 2 rings (SSSR count). The van der Waals surface area contributed by atoms with Crippen molar-refractivity contribution in [3.05, 3.63) is 46.3 Å². The Balaban J connectivity index is 2.14. The number of hydrogen-bond acceptors (Lipinski definition) is 4. The number of anilines is 1. The number of furan rings is 1. The fourth-order valence-corrected chi connectivity index (χ4v) is 1.95. The second-order valence-electron chi connectivity index (χ2n) is 3.77. The van der Waals surface area contributed by atoms with Gasteiger partial charge in [-0.3, -0.25) is 4.79 Å². The summed E-state index contributed by atoms with van der Waals surface area (Å²) in [5.74, 6) is 1.10. The largest absolute Gasteiger partial charge is 0.495 e. The highest BCUT2D eigenvalue weighted by molar-refractivity contribution is 9.10. The Labute approximate surface area is 118 Å². The van der Waals surface area contributed by atoms with Gasteiger partial charge in [-0.25, -0.2) is 0 Å². The summed E-state index contributed by atoms with van der Waals surface area (Å²) in [7, 11) is 1.56. The van der Waals surface area contributed by atoms with E-state index in [4.69, 9.17) is 14.9 Å². The van der Waals surface area contributed by atoms with Crippen LogP contribution in [-0.4, -0.2) is 13.0 Å². The minimum atomic E-state index is -0.330. The summed E-state index contributed by atoms with van der Waals surface area (Å²) >= 11 is 3.34. The molecule has 100 valence electrons. The second kappa shape index (κ2) is 5.90. The van der Waals surface area contributed by atoms with Crippen LogP contribution in [0.2, 0.25) is 0 Å². The van der Waals surface area contributed by atoms with E-state index in [0.29, 0.717) is 17.2 Å². The van der Waals surface area contributed by atoms with E-state index < -0.39 is 0 Å². The van der Waals surface area contributed by atoms with Crippen molar-refractivity contribution >= 4 is 27.5 Å². The van der Waals surface area contributed by atoms with Gasteiger partial charge in [0.15, 0.2) is 5.76 Å². The summed E-state index contributed by atoms with van der Waals surface area (Å²) in [6, 6.07) is 8.54. The van der Waals surface area contributed by atoms with Crippen molar-refractivity contribution in [3.63, 3.8) is 0 Å². The van der Waals surface area contributed by atoms with Crippen LogP contribution in [0.25, 0.3) is 0 Å². The maximum atomic E-state index is 11.9. The maximum absolute atomic E-state index is 11.9. The van der Waals surface area contributed by atoms with Crippen LogP contribution in [0.1, 0.15) is 16.3 Å². The molecule has 0 aliphatic heterocycles. The molecule has 0 saturated heterocycles. The van der Waals surface area contributed by atoms with Crippen LogP contribution in [0.15, 0.2) is 39.2 Å². The molecule has 2 aromatic rings. The summed E-state index contributed by atoms with van der Waals surface area (Å²) < 4.78 is 11.2. The number of ether oxygens (including phenoxy) is 1. The molecule has 0 aliphatic carbocycles. The fraction of sp³-hybridized carbons (Fsp3) is 0.154. The summed E-state index contributed by atoms with van der Waals surface area (Å²) in [5.41, 5.74) is 6.04. The standard InChI is InChI=1S/C13H13BrN2O3/c1-18-12-6-8(2-4-10(12)14)16-13(17)11-5-3-9(7-15)19-11/h2-6H,7,15H2,1H3,(H,16,17). The third kappa shape index (κ3) is 3.15. The van der Waals surface area contributed by atoms with E-state index in [1.54, 1.807) is 37.4 Å². The summed E-state index contributed by atoms with van der Waals surface area (Å²) in [6.45, 7) is 0.263. The lowest BCUT2D eigenvalue weighted by Gasteiger charge is -2.07. The zero-order chi connectivity index (χ0) is 13.8. The lowest BCUT2D eigenvalue weighted by molar-refractivity contribution is 0.0995. The number of methoxy groups -OCH3 is 1. The van der Waals surface area contributed by atoms with Crippen molar-refractivity contribution < 1.29 is 13.9 Å². The highest BCUT2D eigenvalue weighted by atomic mass is 79.9. The van der Waals surface area contributed by atoms with Crippen molar-refractivity contribution in [1.82, 2.24) is 0 Å². The van der Waals surface area contributed by atoms with Gasteiger partial charge in [0.1, 0.15) is 11.5 Å². The van der Waals surface area contributed by atoms with Gasteiger partial charge in [0.2, 0.25) is 0 Å². The Kier molecular flexibility index (Phi) is 4.24. The minimum absolute atomic E-state index is 0.224. The van der Waals surface area contributed by atoms with Crippen molar-refractivity contribution in [2.75, 3.05) is 12.4 Å². The predicted molar refractivity (Wildman–Crippen MR) is 75.2 cm³/mol.